The van der Waals surface area contributed by atoms with Crippen molar-refractivity contribution in [3.8, 4) is 0 Å². The van der Waals surface area contributed by atoms with E-state index in [0.717, 1.165) is 11.3 Å². The lowest BCUT2D eigenvalue weighted by Crippen LogP contribution is -2.02. The SMILES string of the molecule is CCCCC[C@]1(CC)C[C@H]1CC. The van der Waals surface area contributed by atoms with E-state index in [1.807, 2.05) is 0 Å². The van der Waals surface area contributed by atoms with Crippen molar-refractivity contribution >= 4 is 0 Å². The maximum Gasteiger partial charge on any atom is -0.0269 e. The Kier molecular flexibility index (Phi) is 3.61. The van der Waals surface area contributed by atoms with Crippen LogP contribution in [-0.4, -0.2) is 0 Å². The average molecular weight is 168 g/mol. The summed E-state index contributed by atoms with van der Waals surface area (Å²) in [6, 6.07) is 0. The molecule has 2 atom stereocenters. The van der Waals surface area contributed by atoms with Crippen LogP contribution in [0.15, 0.2) is 0 Å². The zero-order valence-electron chi connectivity index (χ0n) is 9.03. The zero-order chi connectivity index (χ0) is 9.03. The van der Waals surface area contributed by atoms with Gasteiger partial charge in [0, 0.05) is 0 Å². The highest BCUT2D eigenvalue weighted by Crippen LogP contribution is 2.59. The van der Waals surface area contributed by atoms with E-state index in [2.05, 4.69) is 20.8 Å². The lowest BCUT2D eigenvalue weighted by molar-refractivity contribution is 0.380. The lowest BCUT2D eigenvalue weighted by Gasteiger charge is -2.13. The Balaban J connectivity index is 2.19. The smallest absolute Gasteiger partial charge is 0.0269 e. The van der Waals surface area contributed by atoms with Gasteiger partial charge in [0.25, 0.3) is 0 Å². The standard InChI is InChI=1S/C12H24/c1-4-7-8-9-12(6-3)10-11(12)5-2/h11H,4-10H2,1-3H3/t11-,12-/m1/s1. The van der Waals surface area contributed by atoms with E-state index < -0.39 is 0 Å². The molecular formula is C12H24. The second-order valence-corrected chi connectivity index (χ2v) is 4.48. The molecule has 0 aromatic carbocycles. The summed E-state index contributed by atoms with van der Waals surface area (Å²) in [7, 11) is 0. The van der Waals surface area contributed by atoms with Crippen LogP contribution in [0.1, 0.15) is 65.7 Å². The van der Waals surface area contributed by atoms with Gasteiger partial charge in [0.1, 0.15) is 0 Å². The second kappa shape index (κ2) is 4.30. The number of hydrogen-bond donors (Lipinski definition) is 0. The zero-order valence-corrected chi connectivity index (χ0v) is 9.03. The Morgan fingerprint density at radius 3 is 2.33 bits per heavy atom. The van der Waals surface area contributed by atoms with Crippen molar-refractivity contribution < 1.29 is 0 Å². The fourth-order valence-electron chi connectivity index (χ4n) is 2.65. The highest BCUT2D eigenvalue weighted by Gasteiger charge is 2.49. The molecule has 1 saturated carbocycles. The highest BCUT2D eigenvalue weighted by atomic mass is 14.5. The minimum absolute atomic E-state index is 0.809. The van der Waals surface area contributed by atoms with Crippen molar-refractivity contribution in [1.82, 2.24) is 0 Å². The van der Waals surface area contributed by atoms with E-state index in [1.165, 1.54) is 44.9 Å². The Labute approximate surface area is 77.7 Å². The summed E-state index contributed by atoms with van der Waals surface area (Å²) in [6.45, 7) is 7.02. The molecule has 0 spiro atoms. The minimum Gasteiger partial charge on any atom is -0.0654 e. The van der Waals surface area contributed by atoms with Crippen LogP contribution < -0.4 is 0 Å². The molecule has 0 saturated heterocycles. The van der Waals surface area contributed by atoms with Gasteiger partial charge in [0.2, 0.25) is 0 Å². The predicted octanol–water partition coefficient (Wildman–Crippen LogP) is 4.39. The topological polar surface area (TPSA) is 0 Å². The molecule has 0 aliphatic heterocycles. The maximum atomic E-state index is 2.38. The summed E-state index contributed by atoms with van der Waals surface area (Å²) in [5, 5.41) is 0. The molecule has 0 aromatic rings. The van der Waals surface area contributed by atoms with Gasteiger partial charge < -0.3 is 0 Å². The first-order valence-corrected chi connectivity index (χ1v) is 5.79. The van der Waals surface area contributed by atoms with E-state index in [-0.39, 0.29) is 0 Å². The minimum atomic E-state index is 0.809. The molecule has 0 radical (unpaired) electrons. The molecule has 0 amide bonds. The van der Waals surface area contributed by atoms with Crippen molar-refractivity contribution in [2.24, 2.45) is 11.3 Å². The largest absolute Gasteiger partial charge is 0.0654 e. The van der Waals surface area contributed by atoms with E-state index in [0.29, 0.717) is 0 Å². The van der Waals surface area contributed by atoms with Crippen LogP contribution in [0.3, 0.4) is 0 Å². The molecule has 0 unspecified atom stereocenters. The number of unbranched alkanes of at least 4 members (excludes halogenated alkanes) is 2. The van der Waals surface area contributed by atoms with E-state index >= 15 is 0 Å². The molecular weight excluding hydrogens is 144 g/mol. The number of hydrogen-bond acceptors (Lipinski definition) is 0. The third-order valence-corrected chi connectivity index (χ3v) is 3.83. The van der Waals surface area contributed by atoms with Crippen molar-refractivity contribution in [2.45, 2.75) is 65.7 Å². The molecule has 0 heteroatoms. The first kappa shape index (κ1) is 10.1. The van der Waals surface area contributed by atoms with E-state index in [4.69, 9.17) is 0 Å². The fraction of sp³-hybridized carbons (Fsp3) is 1.00. The van der Waals surface area contributed by atoms with Crippen LogP contribution >= 0.6 is 0 Å². The maximum absolute atomic E-state index is 2.38. The monoisotopic (exact) mass is 168 g/mol. The van der Waals surface area contributed by atoms with Gasteiger partial charge in [-0.25, -0.2) is 0 Å². The van der Waals surface area contributed by atoms with E-state index in [1.54, 1.807) is 0 Å². The third-order valence-electron chi connectivity index (χ3n) is 3.83. The van der Waals surface area contributed by atoms with Gasteiger partial charge in [0.15, 0.2) is 0 Å². The van der Waals surface area contributed by atoms with Crippen molar-refractivity contribution in [2.75, 3.05) is 0 Å². The summed E-state index contributed by atoms with van der Waals surface area (Å²) < 4.78 is 0. The fourth-order valence-corrected chi connectivity index (χ4v) is 2.65. The molecule has 1 rings (SSSR count). The first-order chi connectivity index (χ1) is 5.79. The van der Waals surface area contributed by atoms with Crippen LogP contribution in [-0.2, 0) is 0 Å². The summed E-state index contributed by atoms with van der Waals surface area (Å²) in [5.41, 5.74) is 0.809. The molecule has 0 bridgehead atoms. The molecule has 0 N–H and O–H groups in total. The molecule has 0 aromatic heterocycles. The molecule has 12 heavy (non-hydrogen) atoms. The average Bonchev–Trinajstić information content (AvgIpc) is 2.80. The van der Waals surface area contributed by atoms with Crippen LogP contribution in [0.5, 0.6) is 0 Å². The van der Waals surface area contributed by atoms with Crippen LogP contribution in [0.2, 0.25) is 0 Å². The van der Waals surface area contributed by atoms with Crippen LogP contribution in [0.4, 0.5) is 0 Å². The normalized spacial score (nSPS) is 33.8. The number of rotatable bonds is 6. The van der Waals surface area contributed by atoms with Gasteiger partial charge in [-0.05, 0) is 24.2 Å². The lowest BCUT2D eigenvalue weighted by atomic mass is 9.92. The third kappa shape index (κ3) is 2.02. The Hall–Kier alpha value is 0. The van der Waals surface area contributed by atoms with Gasteiger partial charge in [0.05, 0.1) is 0 Å². The van der Waals surface area contributed by atoms with Crippen LogP contribution in [0.25, 0.3) is 0 Å². The van der Waals surface area contributed by atoms with Crippen molar-refractivity contribution in [3.63, 3.8) is 0 Å². The molecule has 0 nitrogen and oxygen atoms in total. The van der Waals surface area contributed by atoms with Gasteiger partial charge in [-0.1, -0.05) is 52.9 Å². The quantitative estimate of drug-likeness (QED) is 0.516. The molecule has 1 aliphatic carbocycles. The summed E-state index contributed by atoms with van der Waals surface area (Å²) in [4.78, 5) is 0. The molecule has 0 heterocycles. The van der Waals surface area contributed by atoms with Gasteiger partial charge in [-0.3, -0.25) is 0 Å². The summed E-state index contributed by atoms with van der Waals surface area (Å²) in [6.07, 6.45) is 10.2. The van der Waals surface area contributed by atoms with Crippen LogP contribution in [0, 0.1) is 11.3 Å². The molecule has 1 aliphatic rings. The van der Waals surface area contributed by atoms with Crippen molar-refractivity contribution in [3.05, 3.63) is 0 Å². The summed E-state index contributed by atoms with van der Waals surface area (Å²) in [5.74, 6) is 1.08. The predicted molar refractivity (Wildman–Crippen MR) is 55.3 cm³/mol. The van der Waals surface area contributed by atoms with Crippen molar-refractivity contribution in [1.29, 1.82) is 0 Å². The second-order valence-electron chi connectivity index (χ2n) is 4.48. The Morgan fingerprint density at radius 1 is 1.17 bits per heavy atom. The Bertz CT molecular complexity index is 128. The first-order valence-electron chi connectivity index (χ1n) is 5.79. The molecule has 72 valence electrons. The van der Waals surface area contributed by atoms with Gasteiger partial charge in [-0.2, -0.15) is 0 Å². The van der Waals surface area contributed by atoms with E-state index in [9.17, 15) is 0 Å². The Morgan fingerprint density at radius 2 is 1.92 bits per heavy atom. The summed E-state index contributed by atoms with van der Waals surface area (Å²) >= 11 is 0. The highest BCUT2D eigenvalue weighted by molar-refractivity contribution is 4.99. The molecule has 1 fully saturated rings. The van der Waals surface area contributed by atoms with Gasteiger partial charge >= 0.3 is 0 Å². The van der Waals surface area contributed by atoms with Gasteiger partial charge in [-0.15, -0.1) is 0 Å².